The number of hydrogen-bond acceptors (Lipinski definition) is 5. The number of nitrogens with one attached hydrogen (secondary N) is 2. The number of nitrogens with zero attached hydrogens (tertiary/aromatic N) is 3. The van der Waals surface area contributed by atoms with Crippen molar-refractivity contribution in [3.8, 4) is 0 Å². The largest absolute Gasteiger partial charge is 0.350 e. The summed E-state index contributed by atoms with van der Waals surface area (Å²) in [7, 11) is 0. The summed E-state index contributed by atoms with van der Waals surface area (Å²) in [6.07, 6.45) is 0.977. The Hall–Kier alpha value is -2.25. The third-order valence-electron chi connectivity index (χ3n) is 5.08. The van der Waals surface area contributed by atoms with Gasteiger partial charge in [0.05, 0.1) is 23.5 Å². The Kier molecular flexibility index (Phi) is 6.15. The molecular weight excluding hydrogens is 354 g/mol. The molecule has 2 aromatic rings. The minimum absolute atomic E-state index is 0.0145. The van der Waals surface area contributed by atoms with Crippen LogP contribution in [0.25, 0.3) is 10.9 Å². The molecule has 2 heterocycles. The number of carbonyl (C=O) groups is 1. The summed E-state index contributed by atoms with van der Waals surface area (Å²) in [4.78, 5) is 36.7. The Balaban J connectivity index is 1.65. The molecule has 7 heteroatoms. The van der Waals surface area contributed by atoms with Crippen LogP contribution in [0.3, 0.4) is 0 Å². The molecule has 152 valence electrons. The normalized spacial score (nSPS) is 18.0. The number of aromatic amines is 1. The zero-order valence-electron chi connectivity index (χ0n) is 17.3. The Bertz CT molecular complexity index is 886. The van der Waals surface area contributed by atoms with E-state index in [0.29, 0.717) is 17.8 Å². The van der Waals surface area contributed by atoms with Crippen LogP contribution in [0.2, 0.25) is 0 Å². The van der Waals surface area contributed by atoms with Gasteiger partial charge in [-0.2, -0.15) is 0 Å². The zero-order chi connectivity index (χ0) is 20.3. The highest BCUT2D eigenvalue weighted by Crippen LogP contribution is 2.19. The lowest BCUT2D eigenvalue weighted by Crippen LogP contribution is -2.46. The number of fused-ring (bicyclic) bond motifs is 1. The van der Waals surface area contributed by atoms with Crippen molar-refractivity contribution in [1.82, 2.24) is 25.1 Å². The Morgan fingerprint density at radius 3 is 2.71 bits per heavy atom. The van der Waals surface area contributed by atoms with Crippen LogP contribution < -0.4 is 10.9 Å². The number of H-pyrrole nitrogens is 1. The summed E-state index contributed by atoms with van der Waals surface area (Å²) < 4.78 is 0. The molecule has 0 unspecified atom stereocenters. The van der Waals surface area contributed by atoms with Crippen molar-refractivity contribution in [2.45, 2.75) is 45.7 Å². The molecule has 0 radical (unpaired) electrons. The first-order valence-electron chi connectivity index (χ1n) is 9.99. The van der Waals surface area contributed by atoms with Gasteiger partial charge in [-0.3, -0.25) is 19.4 Å². The van der Waals surface area contributed by atoms with Gasteiger partial charge < -0.3 is 10.3 Å². The van der Waals surface area contributed by atoms with Gasteiger partial charge >= 0.3 is 0 Å². The molecule has 7 nitrogen and oxygen atoms in total. The Labute approximate surface area is 166 Å². The lowest BCUT2D eigenvalue weighted by Gasteiger charge is -2.27. The maximum atomic E-state index is 12.4. The second-order valence-electron chi connectivity index (χ2n) is 8.61. The topological polar surface area (TPSA) is 81.3 Å². The van der Waals surface area contributed by atoms with E-state index < -0.39 is 0 Å². The van der Waals surface area contributed by atoms with E-state index in [1.54, 1.807) is 6.07 Å². The zero-order valence-corrected chi connectivity index (χ0v) is 17.3. The minimum atomic E-state index is -0.211. The molecule has 1 aliphatic rings. The summed E-state index contributed by atoms with van der Waals surface area (Å²) in [6.45, 7) is 11.9. The number of carbonyl (C=O) groups excluding carboxylic acids is 1. The summed E-state index contributed by atoms with van der Waals surface area (Å²) in [5.41, 5.74) is 0.419. The number of para-hydroxylation sites is 1. The van der Waals surface area contributed by atoms with E-state index in [2.05, 4.69) is 32.0 Å². The van der Waals surface area contributed by atoms with Crippen LogP contribution in [0.4, 0.5) is 0 Å². The molecule has 0 bridgehead atoms. The molecule has 1 aromatic heterocycles. The van der Waals surface area contributed by atoms with Crippen molar-refractivity contribution in [3.63, 3.8) is 0 Å². The van der Waals surface area contributed by atoms with Gasteiger partial charge in [0, 0.05) is 25.2 Å². The van der Waals surface area contributed by atoms with Crippen LogP contribution in [0.15, 0.2) is 29.1 Å². The standard InChI is InChI=1S/C21H31N5O2/c1-15(19-22-17-9-6-5-8-16(17)20(28)23-19)26-11-7-10-25(12-13-26)14-18(27)24-21(2,3)4/h5-6,8-9,15H,7,10-14H2,1-4H3,(H,24,27)(H,22,23,28)/t15-/m1/s1. The average molecular weight is 386 g/mol. The third-order valence-corrected chi connectivity index (χ3v) is 5.08. The van der Waals surface area contributed by atoms with Gasteiger partial charge in [-0.05, 0) is 52.8 Å². The van der Waals surface area contributed by atoms with E-state index in [4.69, 9.17) is 0 Å². The van der Waals surface area contributed by atoms with Gasteiger partial charge in [-0.25, -0.2) is 4.98 Å². The van der Waals surface area contributed by atoms with Gasteiger partial charge in [0.15, 0.2) is 0 Å². The van der Waals surface area contributed by atoms with E-state index in [0.717, 1.165) is 38.1 Å². The van der Waals surface area contributed by atoms with Gasteiger partial charge in [-0.1, -0.05) is 12.1 Å². The Morgan fingerprint density at radius 2 is 1.96 bits per heavy atom. The summed E-state index contributed by atoms with van der Waals surface area (Å²) in [5.74, 6) is 0.761. The monoisotopic (exact) mass is 385 g/mol. The van der Waals surface area contributed by atoms with Crippen LogP contribution in [0.1, 0.15) is 46.0 Å². The number of hydrogen-bond donors (Lipinski definition) is 2. The molecule has 1 saturated heterocycles. The highest BCUT2D eigenvalue weighted by Gasteiger charge is 2.24. The molecule has 0 aliphatic carbocycles. The fourth-order valence-corrected chi connectivity index (χ4v) is 3.67. The molecule has 2 N–H and O–H groups in total. The number of benzene rings is 1. The summed E-state index contributed by atoms with van der Waals surface area (Å²) in [5, 5.41) is 3.64. The van der Waals surface area contributed by atoms with Gasteiger partial charge in [0.2, 0.25) is 5.91 Å². The first kappa shape index (κ1) is 20.5. The van der Waals surface area contributed by atoms with E-state index in [-0.39, 0.29) is 23.0 Å². The molecule has 1 amide bonds. The molecule has 28 heavy (non-hydrogen) atoms. The number of aromatic nitrogens is 2. The summed E-state index contributed by atoms with van der Waals surface area (Å²) in [6, 6.07) is 7.43. The quantitative estimate of drug-likeness (QED) is 0.840. The lowest BCUT2D eigenvalue weighted by molar-refractivity contribution is -0.123. The molecule has 1 atom stereocenters. The van der Waals surface area contributed by atoms with Crippen molar-refractivity contribution < 1.29 is 4.79 Å². The van der Waals surface area contributed by atoms with E-state index in [1.165, 1.54) is 0 Å². The minimum Gasteiger partial charge on any atom is -0.350 e. The predicted molar refractivity (Wildman–Crippen MR) is 111 cm³/mol. The second-order valence-corrected chi connectivity index (χ2v) is 8.61. The second kappa shape index (κ2) is 8.41. The first-order valence-corrected chi connectivity index (χ1v) is 9.99. The van der Waals surface area contributed by atoms with E-state index in [9.17, 15) is 9.59 Å². The third kappa shape index (κ3) is 5.17. The highest BCUT2D eigenvalue weighted by molar-refractivity contribution is 5.78. The predicted octanol–water partition coefficient (Wildman–Crippen LogP) is 1.91. The molecule has 1 aromatic carbocycles. The smallest absolute Gasteiger partial charge is 0.258 e. The van der Waals surface area contributed by atoms with Crippen LogP contribution >= 0.6 is 0 Å². The maximum absolute atomic E-state index is 12.4. The van der Waals surface area contributed by atoms with Crippen molar-refractivity contribution >= 4 is 16.8 Å². The molecular formula is C21H31N5O2. The first-order chi connectivity index (χ1) is 13.2. The van der Waals surface area contributed by atoms with E-state index in [1.807, 2.05) is 39.0 Å². The lowest BCUT2D eigenvalue weighted by atomic mass is 10.1. The molecule has 1 aliphatic heterocycles. The van der Waals surface area contributed by atoms with Crippen LogP contribution in [-0.4, -0.2) is 63.9 Å². The van der Waals surface area contributed by atoms with Crippen molar-refractivity contribution in [2.75, 3.05) is 32.7 Å². The molecule has 3 rings (SSSR count). The number of amides is 1. The SMILES string of the molecule is C[C@H](c1nc2ccccc2c(=O)[nH]1)N1CCCN(CC(=O)NC(C)(C)C)CC1. The maximum Gasteiger partial charge on any atom is 0.258 e. The van der Waals surface area contributed by atoms with Gasteiger partial charge in [0.1, 0.15) is 5.82 Å². The van der Waals surface area contributed by atoms with Crippen LogP contribution in [0, 0.1) is 0 Å². The number of rotatable bonds is 4. The van der Waals surface area contributed by atoms with Crippen molar-refractivity contribution in [3.05, 3.63) is 40.4 Å². The molecule has 0 spiro atoms. The molecule has 0 saturated carbocycles. The van der Waals surface area contributed by atoms with Gasteiger partial charge in [-0.15, -0.1) is 0 Å². The van der Waals surface area contributed by atoms with E-state index >= 15 is 0 Å². The van der Waals surface area contributed by atoms with Crippen molar-refractivity contribution in [2.24, 2.45) is 0 Å². The van der Waals surface area contributed by atoms with Crippen LogP contribution in [-0.2, 0) is 4.79 Å². The van der Waals surface area contributed by atoms with Crippen LogP contribution in [0.5, 0.6) is 0 Å². The van der Waals surface area contributed by atoms with Crippen molar-refractivity contribution in [1.29, 1.82) is 0 Å². The summed E-state index contributed by atoms with van der Waals surface area (Å²) >= 11 is 0. The fraction of sp³-hybridized carbons (Fsp3) is 0.571. The van der Waals surface area contributed by atoms with Gasteiger partial charge in [0.25, 0.3) is 5.56 Å². The highest BCUT2D eigenvalue weighted by atomic mass is 16.2. The molecule has 1 fully saturated rings. The Morgan fingerprint density at radius 1 is 1.21 bits per heavy atom. The fourth-order valence-electron chi connectivity index (χ4n) is 3.67. The average Bonchev–Trinajstić information content (AvgIpc) is 2.85.